The highest BCUT2D eigenvalue weighted by Gasteiger charge is 2.23. The molecular formula is C21H18FN3O3. The van der Waals surface area contributed by atoms with E-state index >= 15 is 0 Å². The second kappa shape index (κ2) is 6.84. The Hall–Kier alpha value is -3.61. The van der Waals surface area contributed by atoms with Crippen molar-refractivity contribution in [3.05, 3.63) is 86.8 Å². The van der Waals surface area contributed by atoms with Crippen LogP contribution in [-0.4, -0.2) is 9.13 Å². The first-order valence-corrected chi connectivity index (χ1v) is 8.73. The molecule has 4 aromatic rings. The molecule has 0 fully saturated rings. The first-order chi connectivity index (χ1) is 13.5. The molecule has 0 saturated heterocycles. The Balaban J connectivity index is 1.95. The predicted molar refractivity (Wildman–Crippen MR) is 106 cm³/mol. The molecule has 0 radical (unpaired) electrons. The van der Waals surface area contributed by atoms with E-state index in [1.54, 1.807) is 19.2 Å². The van der Waals surface area contributed by atoms with Crippen molar-refractivity contribution in [2.75, 3.05) is 5.32 Å². The predicted octanol–water partition coefficient (Wildman–Crippen LogP) is 3.25. The highest BCUT2D eigenvalue weighted by atomic mass is 19.1. The molecule has 142 valence electrons. The maximum Gasteiger partial charge on any atom is 0.333 e. The molecule has 6 nitrogen and oxygen atoms in total. The SMILES string of the molecule is Cn1c(=O)c2c(-c3ccc(F)cc3)c(NCc3ccccc3)oc2n(C)c1=O. The number of fused-ring (bicyclic) bond motifs is 1. The largest absolute Gasteiger partial charge is 0.423 e. The average molecular weight is 379 g/mol. The van der Waals surface area contributed by atoms with Crippen LogP contribution in [0.5, 0.6) is 0 Å². The summed E-state index contributed by atoms with van der Waals surface area (Å²) in [5.41, 5.74) is 1.37. The normalized spacial score (nSPS) is 11.1. The third-order valence-corrected chi connectivity index (χ3v) is 4.72. The van der Waals surface area contributed by atoms with Gasteiger partial charge in [-0.15, -0.1) is 0 Å². The summed E-state index contributed by atoms with van der Waals surface area (Å²) in [6.07, 6.45) is 0. The van der Waals surface area contributed by atoms with Crippen LogP contribution in [0.3, 0.4) is 0 Å². The van der Waals surface area contributed by atoms with E-state index in [0.29, 0.717) is 23.6 Å². The van der Waals surface area contributed by atoms with Gasteiger partial charge in [0.2, 0.25) is 11.6 Å². The number of hydrogen-bond acceptors (Lipinski definition) is 4. The molecule has 0 spiro atoms. The number of aromatic nitrogens is 2. The molecule has 0 amide bonds. The summed E-state index contributed by atoms with van der Waals surface area (Å²) in [6.45, 7) is 0.461. The Morgan fingerprint density at radius 3 is 2.32 bits per heavy atom. The van der Waals surface area contributed by atoms with Crippen molar-refractivity contribution in [2.24, 2.45) is 14.1 Å². The first-order valence-electron chi connectivity index (χ1n) is 8.73. The number of nitrogens with one attached hydrogen (secondary N) is 1. The monoisotopic (exact) mass is 379 g/mol. The van der Waals surface area contributed by atoms with Gasteiger partial charge in [-0.3, -0.25) is 13.9 Å². The van der Waals surface area contributed by atoms with Gasteiger partial charge >= 0.3 is 5.69 Å². The number of furan rings is 1. The van der Waals surface area contributed by atoms with Crippen molar-refractivity contribution in [1.29, 1.82) is 0 Å². The zero-order valence-electron chi connectivity index (χ0n) is 15.4. The molecule has 4 rings (SSSR count). The molecule has 0 bridgehead atoms. The van der Waals surface area contributed by atoms with Crippen LogP contribution in [0.25, 0.3) is 22.2 Å². The highest BCUT2D eigenvalue weighted by molar-refractivity contribution is 5.98. The van der Waals surface area contributed by atoms with Gasteiger partial charge in [0.25, 0.3) is 5.56 Å². The number of rotatable bonds is 4. The minimum atomic E-state index is -0.480. The molecule has 0 unspecified atom stereocenters. The van der Waals surface area contributed by atoms with Crippen LogP contribution >= 0.6 is 0 Å². The fourth-order valence-corrected chi connectivity index (χ4v) is 3.21. The van der Waals surface area contributed by atoms with Crippen LogP contribution in [0.15, 0.2) is 68.6 Å². The number of aryl methyl sites for hydroxylation is 1. The molecule has 0 aliphatic rings. The van der Waals surface area contributed by atoms with Gasteiger partial charge in [0.15, 0.2) is 0 Å². The zero-order chi connectivity index (χ0) is 19.8. The van der Waals surface area contributed by atoms with Gasteiger partial charge in [-0.25, -0.2) is 9.18 Å². The molecule has 28 heavy (non-hydrogen) atoms. The highest BCUT2D eigenvalue weighted by Crippen LogP contribution is 2.36. The molecular weight excluding hydrogens is 361 g/mol. The second-order valence-corrected chi connectivity index (χ2v) is 6.54. The van der Waals surface area contributed by atoms with E-state index in [1.807, 2.05) is 30.3 Å². The van der Waals surface area contributed by atoms with Gasteiger partial charge in [-0.2, -0.15) is 0 Å². The van der Waals surface area contributed by atoms with Gasteiger partial charge in [0.05, 0.1) is 5.56 Å². The van der Waals surface area contributed by atoms with Gasteiger partial charge in [-0.1, -0.05) is 42.5 Å². The van der Waals surface area contributed by atoms with Crippen molar-refractivity contribution in [2.45, 2.75) is 6.54 Å². The number of nitrogens with zero attached hydrogens (tertiary/aromatic N) is 2. The standard InChI is InChI=1S/C21H18FN3O3/c1-24-19(26)17-16(14-8-10-15(22)11-9-14)18(28-20(17)25(2)21(24)27)23-12-13-6-4-3-5-7-13/h3-11,23H,12H2,1-2H3. The molecule has 1 N–H and O–H groups in total. The van der Waals surface area contributed by atoms with Crippen LogP contribution in [-0.2, 0) is 20.6 Å². The Kier molecular flexibility index (Phi) is 4.35. The third kappa shape index (κ3) is 2.90. The summed E-state index contributed by atoms with van der Waals surface area (Å²) < 4.78 is 21.6. The van der Waals surface area contributed by atoms with Crippen molar-refractivity contribution in [3.63, 3.8) is 0 Å². The van der Waals surface area contributed by atoms with Gasteiger partial charge in [0.1, 0.15) is 11.2 Å². The van der Waals surface area contributed by atoms with Crippen molar-refractivity contribution in [3.8, 4) is 11.1 Å². The van der Waals surface area contributed by atoms with E-state index in [-0.39, 0.29) is 16.9 Å². The van der Waals surface area contributed by atoms with E-state index in [1.165, 1.54) is 23.7 Å². The number of anilines is 1. The minimum Gasteiger partial charge on any atom is -0.423 e. The smallest absolute Gasteiger partial charge is 0.333 e. The summed E-state index contributed by atoms with van der Waals surface area (Å²) in [6, 6.07) is 15.5. The Labute approximate surface area is 159 Å². The maximum absolute atomic E-state index is 13.4. The zero-order valence-corrected chi connectivity index (χ0v) is 15.4. The molecule has 7 heteroatoms. The lowest BCUT2D eigenvalue weighted by Crippen LogP contribution is -2.36. The van der Waals surface area contributed by atoms with Crippen LogP contribution in [0, 0.1) is 5.82 Å². The Morgan fingerprint density at radius 1 is 0.964 bits per heavy atom. The lowest BCUT2D eigenvalue weighted by molar-refractivity contribution is 0.572. The molecule has 2 aromatic heterocycles. The topological polar surface area (TPSA) is 69.2 Å². The van der Waals surface area contributed by atoms with E-state index < -0.39 is 11.2 Å². The maximum atomic E-state index is 13.4. The van der Waals surface area contributed by atoms with Gasteiger partial charge in [-0.05, 0) is 23.3 Å². The summed E-state index contributed by atoms with van der Waals surface area (Å²) in [5.74, 6) is -0.0283. The van der Waals surface area contributed by atoms with Gasteiger partial charge < -0.3 is 9.73 Å². The molecule has 0 aliphatic heterocycles. The fraction of sp³-hybridized carbons (Fsp3) is 0.143. The van der Waals surface area contributed by atoms with E-state index in [0.717, 1.165) is 10.1 Å². The summed E-state index contributed by atoms with van der Waals surface area (Å²) in [7, 11) is 2.96. The number of benzene rings is 2. The molecule has 0 atom stereocenters. The molecule has 0 saturated carbocycles. The lowest BCUT2D eigenvalue weighted by Gasteiger charge is -2.07. The minimum absolute atomic E-state index is 0.169. The van der Waals surface area contributed by atoms with Crippen LogP contribution in [0.4, 0.5) is 10.3 Å². The lowest BCUT2D eigenvalue weighted by atomic mass is 10.1. The third-order valence-electron chi connectivity index (χ3n) is 4.72. The summed E-state index contributed by atoms with van der Waals surface area (Å²) in [5, 5.41) is 3.47. The van der Waals surface area contributed by atoms with E-state index in [2.05, 4.69) is 5.32 Å². The molecule has 0 aliphatic carbocycles. The van der Waals surface area contributed by atoms with Crippen LogP contribution < -0.4 is 16.6 Å². The Bertz CT molecular complexity index is 1270. The molecule has 2 aromatic carbocycles. The second-order valence-electron chi connectivity index (χ2n) is 6.54. The first kappa shape index (κ1) is 17.8. The van der Waals surface area contributed by atoms with Crippen molar-refractivity contribution in [1.82, 2.24) is 9.13 Å². The summed E-state index contributed by atoms with van der Waals surface area (Å²) in [4.78, 5) is 25.1. The van der Waals surface area contributed by atoms with Gasteiger partial charge in [0, 0.05) is 20.6 Å². The number of hydrogen-bond donors (Lipinski definition) is 1. The average Bonchev–Trinajstić information content (AvgIpc) is 3.10. The van der Waals surface area contributed by atoms with Crippen LogP contribution in [0.2, 0.25) is 0 Å². The number of halogens is 1. The summed E-state index contributed by atoms with van der Waals surface area (Å²) >= 11 is 0. The van der Waals surface area contributed by atoms with Crippen LogP contribution in [0.1, 0.15) is 5.56 Å². The quantitative estimate of drug-likeness (QED) is 0.591. The van der Waals surface area contributed by atoms with E-state index in [4.69, 9.17) is 4.42 Å². The van der Waals surface area contributed by atoms with E-state index in [9.17, 15) is 14.0 Å². The molecule has 2 heterocycles. The van der Waals surface area contributed by atoms with Crippen molar-refractivity contribution < 1.29 is 8.81 Å². The fourth-order valence-electron chi connectivity index (χ4n) is 3.21. The Morgan fingerprint density at radius 2 is 1.64 bits per heavy atom. The van der Waals surface area contributed by atoms with Crippen molar-refractivity contribution >= 4 is 17.0 Å².